The lowest BCUT2D eigenvalue weighted by Gasteiger charge is -2.04. The summed E-state index contributed by atoms with van der Waals surface area (Å²) in [7, 11) is 1.56. The summed E-state index contributed by atoms with van der Waals surface area (Å²) in [5, 5.41) is 7.82. The van der Waals surface area contributed by atoms with Gasteiger partial charge in [0.15, 0.2) is 5.65 Å². The van der Waals surface area contributed by atoms with Crippen molar-refractivity contribution in [1.29, 1.82) is 0 Å². The van der Waals surface area contributed by atoms with Gasteiger partial charge in [0.05, 0.1) is 23.9 Å². The Hall–Kier alpha value is -3.49. The van der Waals surface area contributed by atoms with Gasteiger partial charge in [-0.3, -0.25) is 4.79 Å². The number of hydrogen-bond acceptors (Lipinski definition) is 6. The largest absolute Gasteiger partial charge is 0.383 e. The second-order valence-corrected chi connectivity index (χ2v) is 6.94. The summed E-state index contributed by atoms with van der Waals surface area (Å²) in [6, 6.07) is 14.6. The van der Waals surface area contributed by atoms with Crippen LogP contribution in [-0.2, 0) is 4.74 Å². The van der Waals surface area contributed by atoms with Crippen LogP contribution in [0.4, 0.5) is 5.82 Å². The lowest BCUT2D eigenvalue weighted by Crippen LogP contribution is -2.27. The summed E-state index contributed by atoms with van der Waals surface area (Å²) in [6.07, 6.45) is 1.60. The van der Waals surface area contributed by atoms with Gasteiger partial charge in [-0.05, 0) is 29.8 Å². The minimum Gasteiger partial charge on any atom is -0.383 e. The number of halogens is 1. The summed E-state index contributed by atoms with van der Waals surface area (Å²) in [4.78, 5) is 22.1. The van der Waals surface area contributed by atoms with Crippen molar-refractivity contribution in [3.63, 3.8) is 0 Å². The zero-order valence-corrected chi connectivity index (χ0v) is 16.9. The van der Waals surface area contributed by atoms with Crippen molar-refractivity contribution < 1.29 is 9.53 Å². The van der Waals surface area contributed by atoms with E-state index in [1.807, 2.05) is 36.4 Å². The van der Waals surface area contributed by atoms with Crippen LogP contribution >= 0.6 is 11.6 Å². The Kier molecular flexibility index (Phi) is 5.60. The maximum absolute atomic E-state index is 12.8. The van der Waals surface area contributed by atoms with Gasteiger partial charge in [-0.25, -0.2) is 9.97 Å². The molecular weight excluding hydrogens is 404 g/mol. The first-order chi connectivity index (χ1) is 14.6. The third kappa shape index (κ3) is 3.83. The van der Waals surface area contributed by atoms with Gasteiger partial charge in [-0.15, -0.1) is 0 Å². The molecule has 30 heavy (non-hydrogen) atoms. The number of ether oxygens (including phenoxy) is 1. The van der Waals surface area contributed by atoms with E-state index in [9.17, 15) is 4.79 Å². The van der Waals surface area contributed by atoms with E-state index >= 15 is 0 Å². The number of nitrogen functional groups attached to an aromatic ring is 1. The predicted molar refractivity (Wildman–Crippen MR) is 118 cm³/mol. The number of fused-ring (bicyclic) bond motifs is 2. The highest BCUT2D eigenvalue weighted by Crippen LogP contribution is 2.27. The molecule has 9 heteroatoms. The van der Waals surface area contributed by atoms with Crippen LogP contribution in [0.5, 0.6) is 0 Å². The lowest BCUT2D eigenvalue weighted by atomic mass is 10.2. The molecule has 2 aromatic heterocycles. The van der Waals surface area contributed by atoms with E-state index in [0.717, 1.165) is 5.56 Å². The topological polar surface area (TPSA) is 107 Å². The average molecular weight is 423 g/mol. The summed E-state index contributed by atoms with van der Waals surface area (Å²) in [5.74, 6) is -0.218. The van der Waals surface area contributed by atoms with E-state index in [-0.39, 0.29) is 17.3 Å². The predicted octanol–water partition coefficient (Wildman–Crippen LogP) is 3.08. The van der Waals surface area contributed by atoms with Gasteiger partial charge >= 0.3 is 0 Å². The molecule has 0 spiro atoms. The molecule has 0 bridgehead atoms. The molecular formula is C21H19ClN6O2. The van der Waals surface area contributed by atoms with Crippen molar-refractivity contribution in [2.75, 3.05) is 26.0 Å². The molecule has 0 unspecified atom stereocenters. The Morgan fingerprint density at radius 2 is 2.00 bits per heavy atom. The van der Waals surface area contributed by atoms with Crippen LogP contribution in [0.3, 0.4) is 0 Å². The van der Waals surface area contributed by atoms with Crippen molar-refractivity contribution in [2.24, 2.45) is 5.10 Å². The number of rotatable bonds is 6. The maximum Gasteiger partial charge on any atom is 0.257 e. The first-order valence-electron chi connectivity index (χ1n) is 9.22. The molecule has 4 rings (SSSR count). The van der Waals surface area contributed by atoms with Crippen molar-refractivity contribution in [2.45, 2.75) is 0 Å². The molecule has 0 saturated carbocycles. The quantitative estimate of drug-likeness (QED) is 0.366. The number of benzene rings is 2. The number of nitrogens with two attached hydrogens (primary N) is 1. The van der Waals surface area contributed by atoms with Gasteiger partial charge < -0.3 is 15.8 Å². The lowest BCUT2D eigenvalue weighted by molar-refractivity contribution is 0.0939. The van der Waals surface area contributed by atoms with Crippen molar-refractivity contribution >= 4 is 51.7 Å². The minimum absolute atomic E-state index is 0.147. The molecule has 8 nitrogen and oxygen atoms in total. The number of anilines is 1. The first-order valence-corrected chi connectivity index (χ1v) is 9.60. The fourth-order valence-corrected chi connectivity index (χ4v) is 3.25. The van der Waals surface area contributed by atoms with Crippen LogP contribution in [-0.4, -0.2) is 47.0 Å². The second-order valence-electron chi connectivity index (χ2n) is 6.50. The van der Waals surface area contributed by atoms with Crippen LogP contribution in [0.25, 0.3) is 22.2 Å². The van der Waals surface area contributed by atoms with E-state index in [2.05, 4.69) is 20.4 Å². The van der Waals surface area contributed by atoms with Crippen molar-refractivity contribution in [1.82, 2.24) is 20.0 Å². The fourth-order valence-electron chi connectivity index (χ4n) is 3.05. The number of nitrogens with one attached hydrogen (secondary N) is 1. The fraction of sp³-hybridized carbons (Fsp3) is 0.143. The van der Waals surface area contributed by atoms with Gasteiger partial charge in [0.1, 0.15) is 16.9 Å². The average Bonchev–Trinajstić information content (AvgIpc) is 3.01. The standard InChI is InChI=1S/C21H19ClN6O2/c1-30-10-9-24-21(29)17-18-20(27-16-8-3-2-7-15(16)26-18)28(19(17)23)25-12-13-5-4-6-14(22)11-13/h2-8,11-12H,9-10,23H2,1H3,(H,24,29)/b25-12+. The number of aromatic nitrogens is 3. The molecule has 2 aromatic carbocycles. The Labute approximate surface area is 177 Å². The third-order valence-electron chi connectivity index (χ3n) is 4.46. The van der Waals surface area contributed by atoms with Crippen LogP contribution < -0.4 is 11.1 Å². The zero-order chi connectivity index (χ0) is 21.1. The number of hydrogen-bond donors (Lipinski definition) is 2. The maximum atomic E-state index is 12.8. The monoisotopic (exact) mass is 422 g/mol. The molecule has 0 aliphatic heterocycles. The van der Waals surface area contributed by atoms with E-state index in [1.54, 1.807) is 25.5 Å². The van der Waals surface area contributed by atoms with Gasteiger partial charge in [-0.1, -0.05) is 35.9 Å². The van der Waals surface area contributed by atoms with Crippen LogP contribution in [0.15, 0.2) is 53.6 Å². The molecule has 0 atom stereocenters. The van der Waals surface area contributed by atoms with Crippen molar-refractivity contribution in [3.05, 3.63) is 64.7 Å². The van der Waals surface area contributed by atoms with Gasteiger partial charge in [-0.2, -0.15) is 9.78 Å². The molecule has 0 fully saturated rings. The highest BCUT2D eigenvalue weighted by atomic mass is 35.5. The molecule has 4 aromatic rings. The molecule has 152 valence electrons. The van der Waals surface area contributed by atoms with Gasteiger partial charge in [0.2, 0.25) is 0 Å². The summed E-state index contributed by atoms with van der Waals surface area (Å²) >= 11 is 6.05. The number of amides is 1. The molecule has 0 aliphatic rings. The normalized spacial score (nSPS) is 11.5. The Bertz CT molecular complexity index is 1270. The highest BCUT2D eigenvalue weighted by molar-refractivity contribution is 6.30. The van der Waals surface area contributed by atoms with E-state index in [4.69, 9.17) is 22.1 Å². The summed E-state index contributed by atoms with van der Waals surface area (Å²) in [6.45, 7) is 0.722. The van der Waals surface area contributed by atoms with Crippen LogP contribution in [0, 0.1) is 0 Å². The Balaban J connectivity index is 1.86. The SMILES string of the molecule is COCCNC(=O)c1c(N)n(/N=C/c2cccc(Cl)c2)c2nc3ccccc3nc12. The number of methoxy groups -OCH3 is 1. The molecule has 0 aliphatic carbocycles. The van der Waals surface area contributed by atoms with E-state index in [0.29, 0.717) is 40.4 Å². The molecule has 0 radical (unpaired) electrons. The third-order valence-corrected chi connectivity index (χ3v) is 4.70. The number of para-hydroxylation sites is 2. The van der Waals surface area contributed by atoms with E-state index < -0.39 is 0 Å². The molecule has 0 saturated heterocycles. The zero-order valence-electron chi connectivity index (χ0n) is 16.2. The Morgan fingerprint density at radius 1 is 1.23 bits per heavy atom. The number of nitrogens with zero attached hydrogens (tertiary/aromatic N) is 4. The van der Waals surface area contributed by atoms with Crippen molar-refractivity contribution in [3.8, 4) is 0 Å². The van der Waals surface area contributed by atoms with Gasteiger partial charge in [0.25, 0.3) is 5.91 Å². The second kappa shape index (κ2) is 8.48. The van der Waals surface area contributed by atoms with E-state index in [1.165, 1.54) is 4.68 Å². The number of carbonyl (C=O) groups is 1. The van der Waals surface area contributed by atoms with Crippen LogP contribution in [0.1, 0.15) is 15.9 Å². The smallest absolute Gasteiger partial charge is 0.257 e. The van der Waals surface area contributed by atoms with Gasteiger partial charge in [0, 0.05) is 18.7 Å². The first kappa shape index (κ1) is 19.8. The Morgan fingerprint density at radius 3 is 2.73 bits per heavy atom. The summed E-state index contributed by atoms with van der Waals surface area (Å²) in [5.41, 5.74) is 9.44. The summed E-state index contributed by atoms with van der Waals surface area (Å²) < 4.78 is 6.41. The highest BCUT2D eigenvalue weighted by Gasteiger charge is 2.23. The molecule has 1 amide bonds. The van der Waals surface area contributed by atoms with Crippen LogP contribution in [0.2, 0.25) is 5.02 Å². The minimum atomic E-state index is -0.365. The molecule has 2 heterocycles. The molecule has 3 N–H and O–H groups in total. The number of carbonyl (C=O) groups excluding carboxylic acids is 1.